The molecule has 29 heavy (non-hydrogen) atoms. The van der Waals surface area contributed by atoms with E-state index in [-0.39, 0.29) is 12.5 Å². The number of ether oxygens (including phenoxy) is 2. The molecule has 0 saturated carbocycles. The summed E-state index contributed by atoms with van der Waals surface area (Å²) in [4.78, 5) is 11.9. The summed E-state index contributed by atoms with van der Waals surface area (Å²) in [6, 6.07) is 22.8. The highest BCUT2D eigenvalue weighted by Gasteiger charge is 2.10. The summed E-state index contributed by atoms with van der Waals surface area (Å²) >= 11 is 6.98. The van der Waals surface area contributed by atoms with Crippen LogP contribution in [0.4, 0.5) is 0 Å². The quantitative estimate of drug-likeness (QED) is 0.325. The zero-order valence-corrected chi connectivity index (χ0v) is 18.5. The molecule has 1 N–H and O–H groups in total. The monoisotopic (exact) mass is 516 g/mol. The average Bonchev–Trinajstić information content (AvgIpc) is 2.73. The lowest BCUT2D eigenvalue weighted by Crippen LogP contribution is -2.24. The molecule has 3 rings (SSSR count). The van der Waals surface area contributed by atoms with Crippen LogP contribution in [-0.4, -0.2) is 18.7 Å². The summed E-state index contributed by atoms with van der Waals surface area (Å²) in [6.07, 6.45) is 1.54. The van der Waals surface area contributed by atoms with E-state index in [9.17, 15) is 4.79 Å². The average molecular weight is 518 g/mol. The zero-order valence-electron chi connectivity index (χ0n) is 15.3. The summed E-state index contributed by atoms with van der Waals surface area (Å²) < 4.78 is 13.0. The van der Waals surface area contributed by atoms with Crippen LogP contribution < -0.4 is 14.9 Å². The molecular formula is C22H18Br2N2O3. The lowest BCUT2D eigenvalue weighted by Gasteiger charge is -2.12. The van der Waals surface area contributed by atoms with E-state index in [1.807, 2.05) is 60.7 Å². The second kappa shape index (κ2) is 10.8. The second-order valence-electron chi connectivity index (χ2n) is 5.98. The van der Waals surface area contributed by atoms with E-state index in [4.69, 9.17) is 9.47 Å². The van der Waals surface area contributed by atoms with Gasteiger partial charge in [-0.3, -0.25) is 4.79 Å². The first-order valence-electron chi connectivity index (χ1n) is 8.77. The number of hydrogen-bond donors (Lipinski definition) is 1. The van der Waals surface area contributed by atoms with Crippen LogP contribution in [0.1, 0.15) is 11.1 Å². The Bertz CT molecular complexity index is 980. The Morgan fingerprint density at radius 1 is 0.966 bits per heavy atom. The minimum Gasteiger partial charge on any atom is -0.487 e. The molecule has 3 aromatic rings. The van der Waals surface area contributed by atoms with Gasteiger partial charge >= 0.3 is 0 Å². The summed E-state index contributed by atoms with van der Waals surface area (Å²) in [6.45, 7) is 0.292. The number of carbonyl (C=O) groups is 1. The van der Waals surface area contributed by atoms with E-state index >= 15 is 0 Å². The summed E-state index contributed by atoms with van der Waals surface area (Å²) in [5.74, 6) is 0.903. The van der Waals surface area contributed by atoms with E-state index in [0.717, 1.165) is 14.5 Å². The van der Waals surface area contributed by atoms with Gasteiger partial charge < -0.3 is 9.47 Å². The molecule has 7 heteroatoms. The van der Waals surface area contributed by atoms with Crippen LogP contribution >= 0.6 is 31.9 Å². The molecule has 148 valence electrons. The summed E-state index contributed by atoms with van der Waals surface area (Å²) in [7, 11) is 0. The molecule has 5 nitrogen and oxygen atoms in total. The molecule has 0 radical (unpaired) electrons. The summed E-state index contributed by atoms with van der Waals surface area (Å²) in [5.41, 5.74) is 4.23. The van der Waals surface area contributed by atoms with Gasteiger partial charge in [0.25, 0.3) is 5.91 Å². The Kier molecular flexibility index (Phi) is 7.84. The van der Waals surface area contributed by atoms with Crippen LogP contribution in [0.5, 0.6) is 11.5 Å². The normalized spacial score (nSPS) is 10.7. The van der Waals surface area contributed by atoms with Gasteiger partial charge in [0, 0.05) is 10.0 Å². The Balaban J connectivity index is 1.62. The van der Waals surface area contributed by atoms with E-state index < -0.39 is 0 Å². The smallest absolute Gasteiger partial charge is 0.277 e. The van der Waals surface area contributed by atoms with Gasteiger partial charge in [-0.05, 0) is 45.8 Å². The van der Waals surface area contributed by atoms with Crippen molar-refractivity contribution in [3.8, 4) is 11.5 Å². The third-order valence-electron chi connectivity index (χ3n) is 3.77. The topological polar surface area (TPSA) is 59.9 Å². The Labute approximate surface area is 186 Å². The fourth-order valence-electron chi connectivity index (χ4n) is 2.43. The molecule has 0 saturated heterocycles. The third kappa shape index (κ3) is 6.73. The number of nitrogens with zero attached hydrogens (tertiary/aromatic N) is 1. The van der Waals surface area contributed by atoms with Crippen molar-refractivity contribution in [3.63, 3.8) is 0 Å². The van der Waals surface area contributed by atoms with Crippen molar-refractivity contribution in [2.75, 3.05) is 6.61 Å². The third-order valence-corrected chi connectivity index (χ3v) is 4.82. The van der Waals surface area contributed by atoms with Crippen LogP contribution in [-0.2, 0) is 11.4 Å². The maximum Gasteiger partial charge on any atom is 0.277 e. The van der Waals surface area contributed by atoms with Crippen molar-refractivity contribution in [3.05, 3.63) is 92.9 Å². The van der Waals surface area contributed by atoms with Gasteiger partial charge in [-0.2, -0.15) is 5.10 Å². The van der Waals surface area contributed by atoms with Crippen LogP contribution in [0.3, 0.4) is 0 Å². The van der Waals surface area contributed by atoms with Gasteiger partial charge in [0.1, 0.15) is 18.1 Å². The van der Waals surface area contributed by atoms with Gasteiger partial charge in [-0.1, -0.05) is 64.5 Å². The van der Waals surface area contributed by atoms with E-state index in [0.29, 0.717) is 23.7 Å². The molecule has 0 bridgehead atoms. The molecule has 3 aromatic carbocycles. The molecule has 0 unspecified atom stereocenters. The van der Waals surface area contributed by atoms with Gasteiger partial charge in [0.2, 0.25) is 0 Å². The lowest BCUT2D eigenvalue weighted by atomic mass is 10.2. The van der Waals surface area contributed by atoms with E-state index in [2.05, 4.69) is 42.4 Å². The van der Waals surface area contributed by atoms with Crippen molar-refractivity contribution in [2.45, 2.75) is 6.61 Å². The predicted molar refractivity (Wildman–Crippen MR) is 120 cm³/mol. The Morgan fingerprint density at radius 2 is 1.66 bits per heavy atom. The van der Waals surface area contributed by atoms with Crippen LogP contribution in [0.25, 0.3) is 0 Å². The summed E-state index contributed by atoms with van der Waals surface area (Å²) in [5, 5.41) is 4.03. The fourth-order valence-corrected chi connectivity index (χ4v) is 3.80. The number of nitrogens with one attached hydrogen (secondary N) is 1. The number of carbonyl (C=O) groups excluding carboxylic acids is 1. The molecule has 0 aliphatic heterocycles. The molecule has 0 atom stereocenters. The molecule has 0 fully saturated rings. The number of hydrazone groups is 1. The number of para-hydroxylation sites is 1. The Morgan fingerprint density at radius 3 is 2.38 bits per heavy atom. The standard InChI is InChI=1S/C22H18Br2N2O3/c23-18-11-17(13-25-26-21(27)15-28-19-9-5-2-6-10-19)22(20(24)12-18)29-14-16-7-3-1-4-8-16/h1-13H,14-15H2,(H,26,27)/b25-13-. The Hall–Kier alpha value is -2.64. The largest absolute Gasteiger partial charge is 0.487 e. The number of hydrogen-bond acceptors (Lipinski definition) is 4. The lowest BCUT2D eigenvalue weighted by molar-refractivity contribution is -0.123. The minimum absolute atomic E-state index is 0.124. The van der Waals surface area contributed by atoms with Gasteiger partial charge in [-0.25, -0.2) is 5.43 Å². The van der Waals surface area contributed by atoms with E-state index in [1.165, 1.54) is 6.21 Å². The van der Waals surface area contributed by atoms with Crippen LogP contribution in [0.2, 0.25) is 0 Å². The second-order valence-corrected chi connectivity index (χ2v) is 7.75. The molecule has 1 amide bonds. The highest BCUT2D eigenvalue weighted by molar-refractivity contribution is 9.11. The highest BCUT2D eigenvalue weighted by Crippen LogP contribution is 2.32. The molecule has 0 aliphatic carbocycles. The first-order chi connectivity index (χ1) is 14.1. The molecule has 0 spiro atoms. The first kappa shape index (κ1) is 21.1. The van der Waals surface area contributed by atoms with Crippen LogP contribution in [0, 0.1) is 0 Å². The minimum atomic E-state index is -0.356. The van der Waals surface area contributed by atoms with Crippen molar-refractivity contribution in [1.82, 2.24) is 5.43 Å². The van der Waals surface area contributed by atoms with Crippen molar-refractivity contribution >= 4 is 44.0 Å². The van der Waals surface area contributed by atoms with E-state index in [1.54, 1.807) is 12.1 Å². The predicted octanol–water partition coefficient (Wildman–Crippen LogP) is 5.32. The number of rotatable bonds is 8. The first-order valence-corrected chi connectivity index (χ1v) is 10.4. The number of halogens is 2. The molecule has 0 aromatic heterocycles. The van der Waals surface area contributed by atoms with Gasteiger partial charge in [0.15, 0.2) is 6.61 Å². The maximum absolute atomic E-state index is 11.9. The van der Waals surface area contributed by atoms with Crippen molar-refractivity contribution in [1.29, 1.82) is 0 Å². The number of amides is 1. The molecular weight excluding hydrogens is 500 g/mol. The van der Waals surface area contributed by atoms with Crippen LogP contribution in [0.15, 0.2) is 86.8 Å². The van der Waals surface area contributed by atoms with Gasteiger partial charge in [-0.15, -0.1) is 0 Å². The van der Waals surface area contributed by atoms with Crippen molar-refractivity contribution < 1.29 is 14.3 Å². The number of benzene rings is 3. The van der Waals surface area contributed by atoms with Gasteiger partial charge in [0.05, 0.1) is 10.7 Å². The molecule has 0 heterocycles. The highest BCUT2D eigenvalue weighted by atomic mass is 79.9. The molecule has 0 aliphatic rings. The SMILES string of the molecule is O=C(COc1ccccc1)N/N=C\c1cc(Br)cc(Br)c1OCc1ccccc1. The fraction of sp³-hybridized carbons (Fsp3) is 0.0909. The zero-order chi connectivity index (χ0) is 20.5. The van der Waals surface area contributed by atoms with Crippen molar-refractivity contribution in [2.24, 2.45) is 5.10 Å². The maximum atomic E-state index is 11.9.